The molecule has 3 fully saturated rings. The zero-order valence-corrected chi connectivity index (χ0v) is 13.1. The van der Waals surface area contributed by atoms with E-state index in [0.29, 0.717) is 0 Å². The van der Waals surface area contributed by atoms with Gasteiger partial charge in [0.05, 0.1) is 0 Å². The number of hydrogen-bond acceptors (Lipinski definition) is 2. The Balaban J connectivity index is 1.62. The number of rotatable bonds is 3. The van der Waals surface area contributed by atoms with Crippen molar-refractivity contribution in [2.45, 2.75) is 77.4 Å². The second-order valence-electron chi connectivity index (χ2n) is 7.81. The van der Waals surface area contributed by atoms with Crippen LogP contribution in [0.4, 0.5) is 0 Å². The molecule has 1 saturated heterocycles. The van der Waals surface area contributed by atoms with E-state index in [2.05, 4.69) is 31.0 Å². The number of hydrogen-bond donors (Lipinski definition) is 1. The summed E-state index contributed by atoms with van der Waals surface area (Å²) in [5.41, 5.74) is 0. The van der Waals surface area contributed by atoms with Crippen LogP contribution in [0.5, 0.6) is 0 Å². The lowest BCUT2D eigenvalue weighted by Gasteiger charge is -2.50. The average molecular weight is 264 g/mol. The second-order valence-corrected chi connectivity index (χ2v) is 7.81. The van der Waals surface area contributed by atoms with Gasteiger partial charge in [0.15, 0.2) is 0 Å². The van der Waals surface area contributed by atoms with Crippen LogP contribution in [0, 0.1) is 17.8 Å². The molecule has 1 N–H and O–H groups in total. The highest BCUT2D eigenvalue weighted by molar-refractivity contribution is 4.97. The molecule has 0 aromatic rings. The molecule has 19 heavy (non-hydrogen) atoms. The molecule has 3 rings (SSSR count). The van der Waals surface area contributed by atoms with Crippen LogP contribution in [-0.2, 0) is 0 Å². The summed E-state index contributed by atoms with van der Waals surface area (Å²) in [5.74, 6) is 2.80. The first-order chi connectivity index (χ1) is 9.13. The summed E-state index contributed by atoms with van der Waals surface area (Å²) < 4.78 is 0. The van der Waals surface area contributed by atoms with Gasteiger partial charge in [-0.1, -0.05) is 13.3 Å². The average Bonchev–Trinajstić information content (AvgIpc) is 2.74. The van der Waals surface area contributed by atoms with E-state index in [-0.39, 0.29) is 0 Å². The summed E-state index contributed by atoms with van der Waals surface area (Å²) in [6.45, 7) is 9.83. The van der Waals surface area contributed by atoms with E-state index in [9.17, 15) is 0 Å². The predicted octanol–water partition coefficient (Wildman–Crippen LogP) is 3.27. The Morgan fingerprint density at radius 2 is 1.68 bits per heavy atom. The van der Waals surface area contributed by atoms with E-state index in [1.54, 1.807) is 0 Å². The van der Waals surface area contributed by atoms with Crippen molar-refractivity contribution in [1.29, 1.82) is 0 Å². The standard InChI is InChI=1S/C17H32N2/c1-12(2)19-10-14-5-4-6-15(11-19)17(14)18-16-8-7-13(3)9-16/h12-18H,4-11H2,1-3H3. The molecule has 1 heterocycles. The van der Waals surface area contributed by atoms with E-state index in [0.717, 1.165) is 35.9 Å². The smallest absolute Gasteiger partial charge is 0.0151 e. The Bertz CT molecular complexity index is 288. The third-order valence-electron chi connectivity index (χ3n) is 5.96. The lowest BCUT2D eigenvalue weighted by Crippen LogP contribution is -2.59. The molecular weight excluding hydrogens is 232 g/mol. The van der Waals surface area contributed by atoms with Gasteiger partial charge >= 0.3 is 0 Å². The summed E-state index contributed by atoms with van der Waals surface area (Å²) in [4.78, 5) is 2.73. The first-order valence-corrected chi connectivity index (χ1v) is 8.63. The minimum Gasteiger partial charge on any atom is -0.311 e. The molecule has 0 amide bonds. The maximum absolute atomic E-state index is 4.08. The second kappa shape index (κ2) is 5.73. The topological polar surface area (TPSA) is 15.3 Å². The SMILES string of the molecule is CC1CCC(NC2C3CCCC2CN(C(C)C)C3)C1. The zero-order valence-electron chi connectivity index (χ0n) is 13.1. The molecule has 1 aliphatic heterocycles. The number of nitrogens with zero attached hydrogens (tertiary/aromatic N) is 1. The Hall–Kier alpha value is -0.0800. The zero-order chi connectivity index (χ0) is 13.4. The number of likely N-dealkylation sites (tertiary alicyclic amines) is 1. The van der Waals surface area contributed by atoms with Gasteiger partial charge in [0.2, 0.25) is 0 Å². The molecule has 0 spiro atoms. The van der Waals surface area contributed by atoms with E-state index < -0.39 is 0 Å². The van der Waals surface area contributed by atoms with Crippen molar-refractivity contribution in [3.63, 3.8) is 0 Å². The monoisotopic (exact) mass is 264 g/mol. The highest BCUT2D eigenvalue weighted by atomic mass is 15.2. The van der Waals surface area contributed by atoms with Gasteiger partial charge in [0, 0.05) is 31.2 Å². The number of fused-ring (bicyclic) bond motifs is 2. The molecule has 4 atom stereocenters. The predicted molar refractivity (Wildman–Crippen MR) is 81.3 cm³/mol. The fraction of sp³-hybridized carbons (Fsp3) is 1.00. The maximum atomic E-state index is 4.08. The summed E-state index contributed by atoms with van der Waals surface area (Å²) in [7, 11) is 0. The normalized spacial score (nSPS) is 43.9. The van der Waals surface area contributed by atoms with Crippen molar-refractivity contribution >= 4 is 0 Å². The Morgan fingerprint density at radius 1 is 1.00 bits per heavy atom. The minimum absolute atomic E-state index is 0.732. The van der Waals surface area contributed by atoms with Gasteiger partial charge in [-0.25, -0.2) is 0 Å². The van der Waals surface area contributed by atoms with Crippen LogP contribution in [0.2, 0.25) is 0 Å². The number of nitrogens with one attached hydrogen (secondary N) is 1. The highest BCUT2D eigenvalue weighted by Crippen LogP contribution is 2.37. The molecule has 2 saturated carbocycles. The Morgan fingerprint density at radius 3 is 2.21 bits per heavy atom. The minimum atomic E-state index is 0.732. The Kier molecular flexibility index (Phi) is 4.19. The van der Waals surface area contributed by atoms with Crippen LogP contribution < -0.4 is 5.32 Å². The first kappa shape index (κ1) is 13.9. The van der Waals surface area contributed by atoms with Crippen molar-refractivity contribution < 1.29 is 0 Å². The molecule has 3 aliphatic rings. The van der Waals surface area contributed by atoms with Crippen molar-refractivity contribution in [1.82, 2.24) is 10.2 Å². The molecule has 2 aliphatic carbocycles. The molecule has 0 aromatic heterocycles. The first-order valence-electron chi connectivity index (χ1n) is 8.63. The molecule has 0 radical (unpaired) electrons. The van der Waals surface area contributed by atoms with Crippen molar-refractivity contribution in [3.8, 4) is 0 Å². The van der Waals surface area contributed by atoms with Crippen LogP contribution in [-0.4, -0.2) is 36.1 Å². The van der Waals surface area contributed by atoms with Gasteiger partial charge in [-0.05, 0) is 63.7 Å². The van der Waals surface area contributed by atoms with Gasteiger partial charge in [-0.15, -0.1) is 0 Å². The van der Waals surface area contributed by atoms with Crippen molar-refractivity contribution in [3.05, 3.63) is 0 Å². The van der Waals surface area contributed by atoms with Gasteiger partial charge in [0.1, 0.15) is 0 Å². The molecule has 2 heteroatoms. The fourth-order valence-corrected chi connectivity index (χ4v) is 4.80. The van der Waals surface area contributed by atoms with Gasteiger partial charge in [-0.2, -0.15) is 0 Å². The van der Waals surface area contributed by atoms with Gasteiger partial charge < -0.3 is 10.2 Å². The summed E-state index contributed by atoms with van der Waals surface area (Å²) in [5, 5.41) is 4.08. The van der Waals surface area contributed by atoms with Crippen LogP contribution in [0.1, 0.15) is 59.3 Å². The maximum Gasteiger partial charge on any atom is 0.0151 e. The summed E-state index contributed by atoms with van der Waals surface area (Å²) >= 11 is 0. The van der Waals surface area contributed by atoms with Crippen molar-refractivity contribution in [2.75, 3.05) is 13.1 Å². The summed E-state index contributed by atoms with van der Waals surface area (Å²) in [6, 6.07) is 2.39. The van der Waals surface area contributed by atoms with Crippen LogP contribution in [0.3, 0.4) is 0 Å². The van der Waals surface area contributed by atoms with Gasteiger partial charge in [0.25, 0.3) is 0 Å². The van der Waals surface area contributed by atoms with E-state index in [1.165, 1.54) is 51.6 Å². The fourth-order valence-electron chi connectivity index (χ4n) is 4.80. The quantitative estimate of drug-likeness (QED) is 0.841. The number of piperidine rings is 1. The lowest BCUT2D eigenvalue weighted by atomic mass is 9.73. The van der Waals surface area contributed by atoms with Crippen LogP contribution in [0.25, 0.3) is 0 Å². The largest absolute Gasteiger partial charge is 0.311 e. The third-order valence-corrected chi connectivity index (χ3v) is 5.96. The van der Waals surface area contributed by atoms with E-state index in [1.807, 2.05) is 0 Å². The lowest BCUT2D eigenvalue weighted by molar-refractivity contribution is 0.0251. The van der Waals surface area contributed by atoms with E-state index >= 15 is 0 Å². The molecule has 2 nitrogen and oxygen atoms in total. The Labute approximate surface area is 119 Å². The van der Waals surface area contributed by atoms with Gasteiger partial charge in [-0.3, -0.25) is 0 Å². The molecule has 0 aromatic carbocycles. The molecule has 110 valence electrons. The van der Waals surface area contributed by atoms with Crippen LogP contribution >= 0.6 is 0 Å². The highest BCUT2D eigenvalue weighted by Gasteiger charge is 2.41. The van der Waals surface area contributed by atoms with Crippen molar-refractivity contribution in [2.24, 2.45) is 17.8 Å². The molecular formula is C17H32N2. The third kappa shape index (κ3) is 3.00. The van der Waals surface area contributed by atoms with Crippen LogP contribution in [0.15, 0.2) is 0 Å². The van der Waals surface area contributed by atoms with E-state index in [4.69, 9.17) is 0 Å². The molecule has 4 unspecified atom stereocenters. The molecule has 2 bridgehead atoms. The summed E-state index contributed by atoms with van der Waals surface area (Å²) in [6.07, 6.45) is 8.67.